The number of benzene rings is 2. The van der Waals surface area contributed by atoms with Gasteiger partial charge in [0.1, 0.15) is 24.5 Å². The summed E-state index contributed by atoms with van der Waals surface area (Å²) in [5.74, 6) is -0.275. The summed E-state index contributed by atoms with van der Waals surface area (Å²) >= 11 is 6.06. The van der Waals surface area contributed by atoms with Crippen LogP contribution in [-0.4, -0.2) is 32.2 Å². The van der Waals surface area contributed by atoms with Gasteiger partial charge in [-0.2, -0.15) is 5.10 Å². The molecule has 0 unspecified atom stereocenters. The summed E-state index contributed by atoms with van der Waals surface area (Å²) in [5, 5.41) is 19.8. The number of aromatic nitrogens is 3. The zero-order valence-corrected chi connectivity index (χ0v) is 17.0. The van der Waals surface area contributed by atoms with Gasteiger partial charge in [-0.05, 0) is 35.2 Å². The first-order valence-electron chi connectivity index (χ1n) is 10.0. The molecule has 1 aliphatic heterocycles. The van der Waals surface area contributed by atoms with Gasteiger partial charge in [0.2, 0.25) is 0 Å². The highest BCUT2D eigenvalue weighted by Crippen LogP contribution is 2.45. The van der Waals surface area contributed by atoms with Gasteiger partial charge in [-0.25, -0.2) is 9.67 Å². The van der Waals surface area contributed by atoms with E-state index in [0.29, 0.717) is 10.6 Å². The summed E-state index contributed by atoms with van der Waals surface area (Å²) in [6, 6.07) is 14.6. The lowest BCUT2D eigenvalue weighted by Crippen LogP contribution is -2.38. The number of carbonyl (C=O) groups is 1. The van der Waals surface area contributed by atoms with E-state index in [4.69, 9.17) is 11.6 Å². The molecular weight excluding hydrogens is 400 g/mol. The monoisotopic (exact) mass is 420 g/mol. The van der Waals surface area contributed by atoms with Gasteiger partial charge in [0.15, 0.2) is 5.78 Å². The predicted molar refractivity (Wildman–Crippen MR) is 113 cm³/mol. The van der Waals surface area contributed by atoms with E-state index in [9.17, 15) is 9.90 Å². The summed E-state index contributed by atoms with van der Waals surface area (Å²) in [7, 11) is 0. The number of nitrogens with zero attached hydrogens (tertiary/aromatic N) is 3. The first-order chi connectivity index (χ1) is 14.6. The Bertz CT molecular complexity index is 1110. The maximum Gasteiger partial charge on any atom is 0.164 e. The lowest BCUT2D eigenvalue weighted by molar-refractivity contribution is -0.117. The van der Waals surface area contributed by atoms with Gasteiger partial charge in [-0.3, -0.25) is 4.79 Å². The van der Waals surface area contributed by atoms with E-state index in [1.54, 1.807) is 23.1 Å². The molecule has 0 saturated heterocycles. The van der Waals surface area contributed by atoms with Crippen LogP contribution in [0.5, 0.6) is 0 Å². The number of hydrogen-bond donors (Lipinski definition) is 2. The van der Waals surface area contributed by atoms with Crippen molar-refractivity contribution in [1.29, 1.82) is 0 Å². The highest BCUT2D eigenvalue weighted by atomic mass is 35.5. The maximum absolute atomic E-state index is 13.4. The van der Waals surface area contributed by atoms with Crippen molar-refractivity contribution in [1.82, 2.24) is 20.1 Å². The summed E-state index contributed by atoms with van der Waals surface area (Å²) in [4.78, 5) is 17.4. The van der Waals surface area contributed by atoms with E-state index >= 15 is 0 Å². The minimum Gasteiger partial charge on any atom is -0.510 e. The Labute approximate surface area is 179 Å². The number of halogens is 1. The Balaban J connectivity index is 1.64. The maximum atomic E-state index is 13.4. The molecule has 0 saturated carbocycles. The number of allylic oxidation sites excluding steroid dienone is 1. The van der Waals surface area contributed by atoms with Crippen LogP contribution in [0, 0.1) is 0 Å². The minimum absolute atomic E-state index is 0.0471. The van der Waals surface area contributed by atoms with Crippen LogP contribution < -0.4 is 5.32 Å². The standard InChI is InChI=1S/C23H21ClN4O2/c24-16-7-5-15(6-8-16)18-11-19(29)20(23(30)22(18)28-13-25-12-27-28)21-17-4-2-1-3-14(17)9-10-26-21/h1-8,12-13,18,21-22,26,30H,9-11H2/t18-,21-,22+/m1/s1. The number of nitrogens with one attached hydrogen (secondary N) is 1. The van der Waals surface area contributed by atoms with Crippen molar-refractivity contribution in [3.05, 3.63) is 94.2 Å². The molecule has 3 aromatic rings. The van der Waals surface area contributed by atoms with Gasteiger partial charge < -0.3 is 10.4 Å². The molecule has 1 aliphatic carbocycles. The first-order valence-corrected chi connectivity index (χ1v) is 10.4. The summed E-state index contributed by atoms with van der Waals surface area (Å²) in [6.07, 6.45) is 4.19. The topological polar surface area (TPSA) is 80.0 Å². The summed E-state index contributed by atoms with van der Waals surface area (Å²) in [6.45, 7) is 0.750. The van der Waals surface area contributed by atoms with Gasteiger partial charge in [-0.15, -0.1) is 0 Å². The van der Waals surface area contributed by atoms with E-state index < -0.39 is 6.04 Å². The predicted octanol–water partition coefficient (Wildman–Crippen LogP) is 3.93. The lowest BCUT2D eigenvalue weighted by Gasteiger charge is -2.36. The first kappa shape index (κ1) is 19.0. The van der Waals surface area contributed by atoms with Gasteiger partial charge in [0.05, 0.1) is 11.6 Å². The third-order valence-electron chi connectivity index (χ3n) is 6.06. The van der Waals surface area contributed by atoms with Crippen LogP contribution in [0.4, 0.5) is 0 Å². The van der Waals surface area contributed by atoms with Crippen molar-refractivity contribution in [2.75, 3.05) is 6.54 Å². The summed E-state index contributed by atoms with van der Waals surface area (Å²) < 4.78 is 1.63. The molecule has 2 aromatic carbocycles. The van der Waals surface area contributed by atoms with Crippen molar-refractivity contribution in [3.8, 4) is 0 Å². The minimum atomic E-state index is -0.516. The lowest BCUT2D eigenvalue weighted by atomic mass is 9.75. The molecule has 2 N–H and O–H groups in total. The highest BCUT2D eigenvalue weighted by Gasteiger charge is 2.42. The zero-order chi connectivity index (χ0) is 20.7. The number of ketones is 1. The fraction of sp³-hybridized carbons (Fsp3) is 0.261. The molecule has 0 radical (unpaired) electrons. The van der Waals surface area contributed by atoms with Crippen LogP contribution in [0.3, 0.4) is 0 Å². The fourth-order valence-corrected chi connectivity index (χ4v) is 4.79. The molecule has 7 heteroatoms. The molecular formula is C23H21ClN4O2. The number of fused-ring (bicyclic) bond motifs is 1. The SMILES string of the molecule is O=C1C[C@H](c2ccc(Cl)cc2)[C@H](n2cncn2)C(O)=C1[C@@H]1NCCc2ccccc21. The Morgan fingerprint density at radius 3 is 2.70 bits per heavy atom. The fourth-order valence-electron chi connectivity index (χ4n) is 4.67. The van der Waals surface area contributed by atoms with Crippen LogP contribution in [0.2, 0.25) is 5.02 Å². The molecule has 0 bridgehead atoms. The third-order valence-corrected chi connectivity index (χ3v) is 6.31. The molecule has 30 heavy (non-hydrogen) atoms. The second-order valence-electron chi connectivity index (χ2n) is 7.74. The smallest absolute Gasteiger partial charge is 0.164 e. The molecule has 5 rings (SSSR count). The summed E-state index contributed by atoms with van der Waals surface area (Å²) in [5.41, 5.74) is 3.59. The van der Waals surface area contributed by atoms with Crippen LogP contribution in [-0.2, 0) is 11.2 Å². The number of aliphatic hydroxyl groups is 1. The Morgan fingerprint density at radius 1 is 1.13 bits per heavy atom. The molecule has 0 amide bonds. The molecule has 3 atom stereocenters. The van der Waals surface area contributed by atoms with Crippen molar-refractivity contribution in [3.63, 3.8) is 0 Å². The van der Waals surface area contributed by atoms with Crippen molar-refractivity contribution < 1.29 is 9.90 Å². The highest BCUT2D eigenvalue weighted by molar-refractivity contribution is 6.30. The average Bonchev–Trinajstić information content (AvgIpc) is 3.28. The molecule has 0 spiro atoms. The van der Waals surface area contributed by atoms with Crippen LogP contribution in [0.15, 0.2) is 72.5 Å². The van der Waals surface area contributed by atoms with E-state index in [0.717, 1.165) is 24.1 Å². The van der Waals surface area contributed by atoms with E-state index in [-0.39, 0.29) is 29.9 Å². The molecule has 6 nitrogen and oxygen atoms in total. The van der Waals surface area contributed by atoms with E-state index in [2.05, 4.69) is 21.5 Å². The van der Waals surface area contributed by atoms with E-state index in [1.807, 2.05) is 30.3 Å². The van der Waals surface area contributed by atoms with Gasteiger partial charge in [-0.1, -0.05) is 48.0 Å². The molecule has 0 fully saturated rings. The number of carbonyl (C=O) groups excluding carboxylic acids is 1. The van der Waals surface area contributed by atoms with Crippen LogP contribution >= 0.6 is 11.6 Å². The molecule has 2 aliphatic rings. The number of rotatable bonds is 3. The number of Topliss-reactive ketones (excluding diaryl/α,β-unsaturated/α-hetero) is 1. The normalized spacial score (nSPS) is 24.0. The quantitative estimate of drug-likeness (QED) is 0.671. The van der Waals surface area contributed by atoms with Gasteiger partial charge >= 0.3 is 0 Å². The third kappa shape index (κ3) is 3.22. The zero-order valence-electron chi connectivity index (χ0n) is 16.2. The molecule has 152 valence electrons. The Morgan fingerprint density at radius 2 is 1.93 bits per heavy atom. The van der Waals surface area contributed by atoms with Crippen molar-refractivity contribution >= 4 is 17.4 Å². The van der Waals surface area contributed by atoms with E-state index in [1.165, 1.54) is 11.9 Å². The van der Waals surface area contributed by atoms with Gasteiger partial charge in [0, 0.05) is 23.9 Å². The second kappa shape index (κ2) is 7.70. The number of hydrogen-bond acceptors (Lipinski definition) is 5. The van der Waals surface area contributed by atoms with Gasteiger partial charge in [0.25, 0.3) is 0 Å². The molecule has 1 aromatic heterocycles. The molecule has 2 heterocycles. The Kier molecular flexibility index (Phi) is 4.89. The number of aliphatic hydroxyl groups excluding tert-OH is 1. The van der Waals surface area contributed by atoms with Crippen LogP contribution in [0.1, 0.15) is 41.1 Å². The average molecular weight is 421 g/mol. The van der Waals surface area contributed by atoms with Crippen molar-refractivity contribution in [2.45, 2.75) is 30.8 Å². The largest absolute Gasteiger partial charge is 0.510 e. The Hall–Kier alpha value is -2.96. The second-order valence-corrected chi connectivity index (χ2v) is 8.18. The van der Waals surface area contributed by atoms with Crippen LogP contribution in [0.25, 0.3) is 0 Å². The van der Waals surface area contributed by atoms with Crippen molar-refractivity contribution in [2.24, 2.45) is 0 Å².